The zero-order chi connectivity index (χ0) is 16.2. The average molecular weight is 359 g/mol. The molecule has 0 amide bonds. The molecule has 0 aliphatic rings. The molecule has 1 heterocycles. The van der Waals surface area contributed by atoms with Crippen LogP contribution in [0.2, 0.25) is 0 Å². The number of aromatic nitrogens is 2. The largest absolute Gasteiger partial charge is 0.324 e. The summed E-state index contributed by atoms with van der Waals surface area (Å²) in [6.07, 6.45) is 4.24. The van der Waals surface area contributed by atoms with Crippen LogP contribution in [0.1, 0.15) is 26.7 Å². The summed E-state index contributed by atoms with van der Waals surface area (Å²) in [5.74, 6) is 0. The molecule has 0 saturated carbocycles. The van der Waals surface area contributed by atoms with Crippen LogP contribution in [0.4, 0.5) is 0 Å². The zero-order valence-electron chi connectivity index (χ0n) is 13.3. The quantitative estimate of drug-likeness (QED) is 0.793. The van der Waals surface area contributed by atoms with Gasteiger partial charge in [-0.15, -0.1) is 12.4 Å². The number of rotatable bonds is 7. The van der Waals surface area contributed by atoms with E-state index in [9.17, 15) is 8.42 Å². The van der Waals surface area contributed by atoms with Crippen LogP contribution < -0.4 is 10.5 Å². The van der Waals surface area contributed by atoms with Gasteiger partial charge in [0.05, 0.1) is 18.1 Å². The van der Waals surface area contributed by atoms with E-state index in [1.165, 1.54) is 17.1 Å². The van der Waals surface area contributed by atoms with Crippen molar-refractivity contribution in [3.63, 3.8) is 0 Å². The fourth-order valence-corrected chi connectivity index (χ4v) is 3.06. The maximum absolute atomic E-state index is 12.3. The number of nitrogens with zero attached hydrogens (tertiary/aromatic N) is 2. The van der Waals surface area contributed by atoms with Gasteiger partial charge in [0.2, 0.25) is 10.0 Å². The van der Waals surface area contributed by atoms with Crippen molar-refractivity contribution >= 4 is 22.4 Å². The van der Waals surface area contributed by atoms with E-state index in [1.54, 1.807) is 0 Å². The second kappa shape index (κ2) is 7.92. The van der Waals surface area contributed by atoms with Gasteiger partial charge >= 0.3 is 0 Å². The van der Waals surface area contributed by atoms with Crippen LogP contribution in [-0.2, 0) is 10.0 Å². The molecule has 1 aromatic carbocycles. The van der Waals surface area contributed by atoms with Gasteiger partial charge in [-0.05, 0) is 25.0 Å². The molecule has 3 N–H and O–H groups in total. The summed E-state index contributed by atoms with van der Waals surface area (Å²) in [4.78, 5) is 0.130. The molecule has 23 heavy (non-hydrogen) atoms. The van der Waals surface area contributed by atoms with Crippen molar-refractivity contribution in [3.05, 3.63) is 42.7 Å². The Bertz CT molecular complexity index is 712. The fraction of sp³-hybridized carbons (Fsp3) is 0.400. The number of hydrogen-bond acceptors (Lipinski definition) is 4. The van der Waals surface area contributed by atoms with Gasteiger partial charge in [-0.25, -0.2) is 17.8 Å². The Morgan fingerprint density at radius 3 is 2.39 bits per heavy atom. The predicted octanol–water partition coefficient (Wildman–Crippen LogP) is 2.09. The third-order valence-electron chi connectivity index (χ3n) is 3.91. The number of halogens is 1. The second-order valence-electron chi connectivity index (χ2n) is 5.35. The summed E-state index contributed by atoms with van der Waals surface area (Å²) >= 11 is 0. The van der Waals surface area contributed by atoms with E-state index < -0.39 is 15.6 Å². The van der Waals surface area contributed by atoms with Crippen molar-refractivity contribution in [2.45, 2.75) is 37.1 Å². The average Bonchev–Trinajstić information content (AvgIpc) is 3.04. The summed E-state index contributed by atoms with van der Waals surface area (Å²) in [5, 5.41) is 4.10. The second-order valence-corrected chi connectivity index (χ2v) is 7.12. The minimum absolute atomic E-state index is 0. The molecule has 0 fully saturated rings. The summed E-state index contributed by atoms with van der Waals surface area (Å²) < 4.78 is 28.8. The zero-order valence-corrected chi connectivity index (χ0v) is 14.9. The summed E-state index contributed by atoms with van der Waals surface area (Å²) in [6, 6.07) is 9.35. The molecule has 2 rings (SSSR count). The molecule has 6 nitrogen and oxygen atoms in total. The van der Waals surface area contributed by atoms with Crippen LogP contribution in [0.5, 0.6) is 0 Å². The maximum Gasteiger partial charge on any atom is 0.243 e. The molecular weight excluding hydrogens is 336 g/mol. The smallest absolute Gasteiger partial charge is 0.243 e. The summed E-state index contributed by atoms with van der Waals surface area (Å²) in [6.45, 7) is 4.11. The van der Waals surface area contributed by atoms with Crippen molar-refractivity contribution in [2.75, 3.05) is 6.54 Å². The number of sulfonamides is 1. The van der Waals surface area contributed by atoms with E-state index in [4.69, 9.17) is 5.73 Å². The molecule has 0 atom stereocenters. The molecule has 0 aliphatic carbocycles. The topological polar surface area (TPSA) is 90.0 Å². The first kappa shape index (κ1) is 19.6. The third-order valence-corrected chi connectivity index (χ3v) is 5.27. The Morgan fingerprint density at radius 1 is 1.22 bits per heavy atom. The first-order valence-electron chi connectivity index (χ1n) is 7.29. The van der Waals surface area contributed by atoms with Crippen molar-refractivity contribution in [1.29, 1.82) is 0 Å². The first-order chi connectivity index (χ1) is 10.4. The monoisotopic (exact) mass is 358 g/mol. The molecule has 0 spiro atoms. The lowest BCUT2D eigenvalue weighted by atomic mass is 9.95. The normalized spacial score (nSPS) is 12.0. The van der Waals surface area contributed by atoms with Gasteiger partial charge in [0, 0.05) is 12.1 Å². The van der Waals surface area contributed by atoms with Crippen molar-refractivity contribution in [2.24, 2.45) is 5.73 Å². The van der Waals surface area contributed by atoms with E-state index in [2.05, 4.69) is 9.82 Å². The van der Waals surface area contributed by atoms with E-state index in [0.717, 1.165) is 5.69 Å². The molecular formula is C15H23ClN4O2S. The molecule has 0 saturated heterocycles. The molecule has 128 valence electrons. The lowest BCUT2D eigenvalue weighted by Gasteiger charge is -2.26. The Balaban J connectivity index is 0.00000264. The number of nitrogens with two attached hydrogens (primary N) is 1. The molecule has 1 aromatic heterocycles. The Kier molecular flexibility index (Phi) is 6.76. The number of hydrogen-bond donors (Lipinski definition) is 2. The van der Waals surface area contributed by atoms with Gasteiger partial charge in [-0.2, -0.15) is 5.10 Å². The molecule has 8 heteroatoms. The highest BCUT2D eigenvalue weighted by Crippen LogP contribution is 2.14. The van der Waals surface area contributed by atoms with Crippen LogP contribution in [0.25, 0.3) is 5.69 Å². The van der Waals surface area contributed by atoms with Crippen LogP contribution in [0.3, 0.4) is 0 Å². The highest BCUT2D eigenvalue weighted by atomic mass is 35.5. The number of benzene rings is 1. The Hall–Kier alpha value is -1.41. The fourth-order valence-electron chi connectivity index (χ4n) is 1.99. The molecule has 2 aromatic rings. The molecule has 0 unspecified atom stereocenters. The number of nitrogens with one attached hydrogen (secondary N) is 1. The van der Waals surface area contributed by atoms with Crippen LogP contribution in [0.15, 0.2) is 47.6 Å². The standard InChI is InChI=1S/C15H22N4O2S.ClH/c1-3-15(16,4-2)12-18-22(20,21)14-10-17-19(11-14)13-8-6-5-7-9-13;/h5-11,18H,3-4,12,16H2,1-2H3;1H. The lowest BCUT2D eigenvalue weighted by molar-refractivity contribution is 0.392. The van der Waals surface area contributed by atoms with Crippen molar-refractivity contribution in [1.82, 2.24) is 14.5 Å². The van der Waals surface area contributed by atoms with Crippen molar-refractivity contribution in [3.8, 4) is 5.69 Å². The number of para-hydroxylation sites is 1. The van der Waals surface area contributed by atoms with Gasteiger partial charge in [-0.3, -0.25) is 0 Å². The van der Waals surface area contributed by atoms with Crippen LogP contribution >= 0.6 is 12.4 Å². The molecule has 0 aliphatic heterocycles. The Labute approximate surface area is 143 Å². The Morgan fingerprint density at radius 2 is 1.83 bits per heavy atom. The van der Waals surface area contributed by atoms with Gasteiger partial charge in [0.25, 0.3) is 0 Å². The minimum Gasteiger partial charge on any atom is -0.324 e. The molecule has 0 radical (unpaired) electrons. The van der Waals surface area contributed by atoms with Gasteiger partial charge in [0.15, 0.2) is 0 Å². The van der Waals surface area contributed by atoms with E-state index in [0.29, 0.717) is 12.8 Å². The van der Waals surface area contributed by atoms with E-state index in [1.807, 2.05) is 44.2 Å². The molecule has 0 bridgehead atoms. The summed E-state index contributed by atoms with van der Waals surface area (Å²) in [7, 11) is -3.61. The summed E-state index contributed by atoms with van der Waals surface area (Å²) in [5.41, 5.74) is 6.41. The van der Waals surface area contributed by atoms with Crippen LogP contribution in [0, 0.1) is 0 Å². The van der Waals surface area contributed by atoms with Crippen molar-refractivity contribution < 1.29 is 8.42 Å². The van der Waals surface area contributed by atoms with E-state index in [-0.39, 0.29) is 23.8 Å². The third kappa shape index (κ3) is 4.78. The maximum atomic E-state index is 12.3. The SMILES string of the molecule is CCC(N)(CC)CNS(=O)(=O)c1cnn(-c2ccccc2)c1.Cl. The first-order valence-corrected chi connectivity index (χ1v) is 8.77. The van der Waals surface area contributed by atoms with Gasteiger partial charge < -0.3 is 5.73 Å². The van der Waals surface area contributed by atoms with E-state index >= 15 is 0 Å². The highest BCUT2D eigenvalue weighted by Gasteiger charge is 2.24. The highest BCUT2D eigenvalue weighted by molar-refractivity contribution is 7.89. The van der Waals surface area contributed by atoms with Gasteiger partial charge in [-0.1, -0.05) is 32.0 Å². The lowest BCUT2D eigenvalue weighted by Crippen LogP contribution is -2.49. The van der Waals surface area contributed by atoms with Gasteiger partial charge in [0.1, 0.15) is 4.90 Å². The predicted molar refractivity (Wildman–Crippen MR) is 93.5 cm³/mol. The van der Waals surface area contributed by atoms with Crippen LogP contribution in [-0.4, -0.2) is 30.3 Å². The minimum atomic E-state index is -3.61.